The van der Waals surface area contributed by atoms with Crippen LogP contribution in [0.3, 0.4) is 0 Å². The van der Waals surface area contributed by atoms with Gasteiger partial charge in [0, 0.05) is 4.83 Å². The van der Waals surface area contributed by atoms with E-state index in [1.54, 1.807) is 11.3 Å². The van der Waals surface area contributed by atoms with Crippen LogP contribution in [0.25, 0.3) is 0 Å². The molecule has 0 aromatic carbocycles. The fraction of sp³-hybridized carbons (Fsp3) is 0.333. The molecule has 1 aromatic rings. The Morgan fingerprint density at radius 3 is 2.56 bits per heavy atom. The largest absolute Gasteiger partial charge is 0.136 e. The zero-order valence-corrected chi connectivity index (χ0v) is 8.88. The molecule has 50 valence electrons. The monoisotopic (exact) mass is 268 g/mol. The summed E-state index contributed by atoms with van der Waals surface area (Å²) in [5.41, 5.74) is 1.33. The quantitative estimate of drug-likeness (QED) is 0.677. The van der Waals surface area contributed by atoms with Crippen molar-refractivity contribution >= 4 is 43.2 Å². The van der Waals surface area contributed by atoms with E-state index in [2.05, 4.69) is 50.2 Å². The number of alkyl halides is 1. The minimum atomic E-state index is 0.457. The van der Waals surface area contributed by atoms with Crippen LogP contribution in [0.2, 0.25) is 0 Å². The van der Waals surface area contributed by atoms with Crippen molar-refractivity contribution in [1.82, 2.24) is 0 Å². The lowest BCUT2D eigenvalue weighted by Crippen LogP contribution is -1.77. The maximum absolute atomic E-state index is 3.49. The molecule has 0 saturated heterocycles. The average molecular weight is 270 g/mol. The van der Waals surface area contributed by atoms with E-state index in [0.717, 1.165) is 0 Å². The smallest absolute Gasteiger partial charge is 0.0741 e. The van der Waals surface area contributed by atoms with Gasteiger partial charge in [-0.3, -0.25) is 0 Å². The van der Waals surface area contributed by atoms with Crippen LogP contribution in [0.15, 0.2) is 15.2 Å². The maximum Gasteiger partial charge on any atom is 0.0741 e. The van der Waals surface area contributed by atoms with Crippen molar-refractivity contribution in [2.75, 3.05) is 0 Å². The Kier molecular flexibility index (Phi) is 2.73. The first-order valence-electron chi connectivity index (χ1n) is 2.59. The third-order valence-corrected chi connectivity index (χ3v) is 3.30. The third-order valence-electron chi connectivity index (χ3n) is 1.07. The second kappa shape index (κ2) is 3.17. The zero-order valence-electron chi connectivity index (χ0n) is 4.90. The summed E-state index contributed by atoms with van der Waals surface area (Å²) in [6.07, 6.45) is 0. The van der Waals surface area contributed by atoms with Crippen molar-refractivity contribution in [2.24, 2.45) is 0 Å². The van der Waals surface area contributed by atoms with E-state index in [1.165, 1.54) is 9.35 Å². The van der Waals surface area contributed by atoms with E-state index in [9.17, 15) is 0 Å². The molecule has 0 amide bonds. The molecule has 0 aliphatic carbocycles. The Bertz CT molecular complexity index is 193. The topological polar surface area (TPSA) is 0 Å². The highest BCUT2D eigenvalue weighted by molar-refractivity contribution is 9.11. The lowest BCUT2D eigenvalue weighted by molar-refractivity contribution is 1.13. The molecule has 1 rings (SSSR count). The van der Waals surface area contributed by atoms with E-state index >= 15 is 0 Å². The number of rotatable bonds is 1. The van der Waals surface area contributed by atoms with Crippen LogP contribution in [0.1, 0.15) is 17.3 Å². The Labute approximate surface area is 75.5 Å². The van der Waals surface area contributed by atoms with Crippen LogP contribution < -0.4 is 0 Å². The summed E-state index contributed by atoms with van der Waals surface area (Å²) in [7, 11) is 0. The van der Waals surface area contributed by atoms with Crippen LogP contribution in [0, 0.1) is 0 Å². The minimum Gasteiger partial charge on any atom is -0.136 e. The SMILES string of the molecule is CC(Br)c1ccsc1Br. The molecule has 9 heavy (non-hydrogen) atoms. The first-order chi connectivity index (χ1) is 4.22. The van der Waals surface area contributed by atoms with Gasteiger partial charge in [-0.1, -0.05) is 15.9 Å². The molecule has 0 N–H and O–H groups in total. The van der Waals surface area contributed by atoms with Gasteiger partial charge in [0.2, 0.25) is 0 Å². The number of thiophene rings is 1. The summed E-state index contributed by atoms with van der Waals surface area (Å²) in [4.78, 5) is 0.457. The Morgan fingerprint density at radius 2 is 2.33 bits per heavy atom. The standard InChI is InChI=1S/C6H6Br2S/c1-4(7)5-2-3-9-6(5)8/h2-4H,1H3. The molecule has 0 spiro atoms. The molecule has 1 unspecified atom stereocenters. The maximum atomic E-state index is 3.49. The normalized spacial score (nSPS) is 13.7. The van der Waals surface area contributed by atoms with Crippen molar-refractivity contribution in [2.45, 2.75) is 11.8 Å². The van der Waals surface area contributed by atoms with Gasteiger partial charge in [0.1, 0.15) is 0 Å². The zero-order chi connectivity index (χ0) is 6.85. The second-order valence-electron chi connectivity index (χ2n) is 1.77. The molecule has 0 aliphatic rings. The molecule has 0 bridgehead atoms. The minimum absolute atomic E-state index is 0.457. The van der Waals surface area contributed by atoms with Gasteiger partial charge in [-0.05, 0) is 39.9 Å². The summed E-state index contributed by atoms with van der Waals surface area (Å²) in [6.45, 7) is 2.12. The van der Waals surface area contributed by atoms with Gasteiger partial charge in [-0.15, -0.1) is 11.3 Å². The summed E-state index contributed by atoms with van der Waals surface area (Å²) < 4.78 is 1.23. The number of hydrogen-bond donors (Lipinski definition) is 0. The van der Waals surface area contributed by atoms with Gasteiger partial charge >= 0.3 is 0 Å². The molecule has 3 heteroatoms. The molecule has 0 fully saturated rings. The van der Waals surface area contributed by atoms with Gasteiger partial charge in [-0.2, -0.15) is 0 Å². The molecule has 1 atom stereocenters. The molecular formula is C6H6Br2S. The van der Waals surface area contributed by atoms with E-state index in [0.29, 0.717) is 4.83 Å². The predicted octanol–water partition coefficient (Wildman–Crippen LogP) is 3.97. The van der Waals surface area contributed by atoms with Crippen LogP contribution in [0.5, 0.6) is 0 Å². The highest BCUT2D eigenvalue weighted by Gasteiger charge is 2.04. The lowest BCUT2D eigenvalue weighted by atomic mass is 10.3. The Morgan fingerprint density at radius 1 is 1.67 bits per heavy atom. The van der Waals surface area contributed by atoms with E-state index in [-0.39, 0.29) is 0 Å². The fourth-order valence-corrected chi connectivity index (χ4v) is 2.94. The van der Waals surface area contributed by atoms with Crippen LogP contribution in [0.4, 0.5) is 0 Å². The van der Waals surface area contributed by atoms with Crippen molar-refractivity contribution in [3.05, 3.63) is 20.8 Å². The predicted molar refractivity (Wildman–Crippen MR) is 49.4 cm³/mol. The van der Waals surface area contributed by atoms with Gasteiger partial charge in [0.25, 0.3) is 0 Å². The lowest BCUT2D eigenvalue weighted by Gasteiger charge is -1.97. The molecular weight excluding hydrogens is 264 g/mol. The Balaban J connectivity index is 2.94. The van der Waals surface area contributed by atoms with E-state index in [1.807, 2.05) is 0 Å². The summed E-state index contributed by atoms with van der Waals surface area (Å²) in [5.74, 6) is 0. The van der Waals surface area contributed by atoms with Gasteiger partial charge in [-0.25, -0.2) is 0 Å². The summed E-state index contributed by atoms with van der Waals surface area (Å²) >= 11 is 8.66. The van der Waals surface area contributed by atoms with E-state index < -0.39 is 0 Å². The molecule has 0 nitrogen and oxygen atoms in total. The number of halogens is 2. The van der Waals surface area contributed by atoms with Crippen molar-refractivity contribution in [1.29, 1.82) is 0 Å². The molecule has 1 heterocycles. The van der Waals surface area contributed by atoms with Gasteiger partial charge in [0.15, 0.2) is 0 Å². The molecule has 0 aliphatic heterocycles. The van der Waals surface area contributed by atoms with Crippen LogP contribution in [-0.2, 0) is 0 Å². The highest BCUT2D eigenvalue weighted by Crippen LogP contribution is 2.32. The van der Waals surface area contributed by atoms with Crippen molar-refractivity contribution in [3.8, 4) is 0 Å². The second-order valence-corrected chi connectivity index (χ2v) is 5.37. The third kappa shape index (κ3) is 1.79. The highest BCUT2D eigenvalue weighted by atomic mass is 79.9. The van der Waals surface area contributed by atoms with Gasteiger partial charge in [0.05, 0.1) is 3.79 Å². The fourth-order valence-electron chi connectivity index (χ4n) is 0.590. The first-order valence-corrected chi connectivity index (χ1v) is 5.17. The molecule has 0 radical (unpaired) electrons. The van der Waals surface area contributed by atoms with Gasteiger partial charge < -0.3 is 0 Å². The average Bonchev–Trinajstić information content (AvgIpc) is 2.13. The Hall–Kier alpha value is 0.660. The molecule has 0 saturated carbocycles. The molecule has 1 aromatic heterocycles. The van der Waals surface area contributed by atoms with Crippen LogP contribution >= 0.6 is 43.2 Å². The van der Waals surface area contributed by atoms with Crippen molar-refractivity contribution in [3.63, 3.8) is 0 Å². The number of hydrogen-bond acceptors (Lipinski definition) is 1. The van der Waals surface area contributed by atoms with E-state index in [4.69, 9.17) is 0 Å². The summed E-state index contributed by atoms with van der Waals surface area (Å²) in [5, 5.41) is 2.08. The first kappa shape index (κ1) is 7.76. The van der Waals surface area contributed by atoms with Crippen LogP contribution in [-0.4, -0.2) is 0 Å². The van der Waals surface area contributed by atoms with Crippen molar-refractivity contribution < 1.29 is 0 Å². The summed E-state index contributed by atoms with van der Waals surface area (Å²) in [6, 6.07) is 2.12.